The minimum absolute atomic E-state index is 0.0163. The first-order chi connectivity index (χ1) is 59.7. The molecule has 7 N–H and O–H groups in total. The molecule has 716 valence electrons. The number of unbranched alkanes of at least 4 members (excludes halogenated alkanes) is 25. The van der Waals surface area contributed by atoms with Crippen LogP contribution < -0.4 is 0 Å². The van der Waals surface area contributed by atoms with Gasteiger partial charge in [-0.15, -0.1) is 32.1 Å². The van der Waals surface area contributed by atoms with Crippen LogP contribution in [0.2, 0.25) is 0 Å². The van der Waals surface area contributed by atoms with E-state index < -0.39 is 18.2 Å². The number of ether oxygens (including phenoxy) is 11. The Hall–Kier alpha value is -5.50. The number of hydrogen-bond acceptors (Lipinski definition) is 23. The zero-order chi connectivity index (χ0) is 92.2. The lowest BCUT2D eigenvalue weighted by Crippen LogP contribution is -2.14. The van der Waals surface area contributed by atoms with E-state index in [1.165, 1.54) is 183 Å². The summed E-state index contributed by atoms with van der Waals surface area (Å²) in [5, 5.41) is 61.0. The predicted octanol–water partition coefficient (Wildman–Crippen LogP) is 19.0. The van der Waals surface area contributed by atoms with Crippen molar-refractivity contribution in [2.24, 2.45) is 0 Å². The van der Waals surface area contributed by atoms with Crippen LogP contribution in [0.25, 0.3) is 0 Å². The number of carbonyl (C=O) groups is 6. The van der Waals surface area contributed by atoms with E-state index in [9.17, 15) is 39.0 Å². The molecule has 24 heteroatoms. The van der Waals surface area contributed by atoms with Gasteiger partial charge in [-0.3, -0.25) is 24.0 Å². The molecule has 0 saturated carbocycles. The average Bonchev–Trinajstić information content (AvgIpc) is 1.67. The summed E-state index contributed by atoms with van der Waals surface area (Å²) in [7, 11) is 6.57. The fourth-order valence-corrected chi connectivity index (χ4v) is 13.1. The number of aliphatic hydroxyl groups is 6. The van der Waals surface area contributed by atoms with Crippen LogP contribution in [-0.4, -0.2) is 225 Å². The third-order valence-electron chi connectivity index (χ3n) is 21.2. The number of hydrogen-bond donors (Lipinski definition) is 7. The molecule has 0 aromatic rings. The summed E-state index contributed by atoms with van der Waals surface area (Å²) in [5.41, 5.74) is 0. The molecule has 123 heavy (non-hydrogen) atoms. The standard InChI is InChI=1S/C19H34O4.C18H32O4.C11H20.C9H16O3.C9H16O.C8H14O4.C8H12O4.C8H14O2.C8H14O.CH4O/c1-3-4-5-6-7-8-9-10-11-13-16(20)19-17(23-19)14-12-15-18(21)22-2;1-2-3-4-5-6-7-8-9-10-12-15(19)18-16(22-18)13-11-14-17(20)21;1-3-5-7-9-11-10-8-6-4-2;1-3-7-8(12-7)5-4-6-9(10)11-2;1-3-5-6-7-9-8(4-2)10-9;2*1-11-8(10)4-2-3-6-7(5-9)12-6;1-2-3-4-5-7-8(6-9)10-7;1-2-3-4-5-6-7-8-9;1-2/h11,13,16-17,19-20H,3-10,12,14-15H2,1-2H3;10,12,15-16,18-19H,2-9,11,13-14H2,1H3,(H,20,21);1H,4-11H2,2H3;7-8H,3-6H2,1-2H3;3,8-9H,1,4-7H2,2H3;6-7,9H,2-5H2,1H3;5-7H,2-4H2,1H3;2,7-9H,1,3-6H2;2,6-7,9H,1,3-5,8H2;2H,1H3/b13-11-;12-10-;;;;;;;7-6+;. The second-order valence-electron chi connectivity index (χ2n) is 31.8. The number of carboxylic acid groups (broad SMARTS) is 1. The lowest BCUT2D eigenvalue weighted by molar-refractivity contribution is -0.141. The van der Waals surface area contributed by atoms with Crippen molar-refractivity contribution in [2.45, 2.75) is 453 Å². The summed E-state index contributed by atoms with van der Waals surface area (Å²) in [6, 6.07) is 0. The molecule has 16 atom stereocenters. The summed E-state index contributed by atoms with van der Waals surface area (Å²) >= 11 is 0. The van der Waals surface area contributed by atoms with Crippen molar-refractivity contribution in [2.75, 3.05) is 55.4 Å². The average molecular weight is 1750 g/mol. The number of epoxide rings is 7. The number of aliphatic carboxylic acids is 1. The highest BCUT2D eigenvalue weighted by Crippen LogP contribution is 2.34. The predicted molar refractivity (Wildman–Crippen MR) is 490 cm³/mol. The summed E-state index contributed by atoms with van der Waals surface area (Å²) < 4.78 is 54.8. The molecule has 0 aliphatic carbocycles. The van der Waals surface area contributed by atoms with Gasteiger partial charge < -0.3 is 92.6 Å². The lowest BCUT2D eigenvalue weighted by Gasteiger charge is -2.02. The maximum Gasteiger partial charge on any atom is 0.305 e. The first-order valence-corrected chi connectivity index (χ1v) is 47.2. The van der Waals surface area contributed by atoms with E-state index in [0.717, 1.165) is 142 Å². The monoisotopic (exact) mass is 1750 g/mol. The minimum atomic E-state index is -0.771. The van der Waals surface area contributed by atoms with Gasteiger partial charge in [0.05, 0.1) is 103 Å². The van der Waals surface area contributed by atoms with E-state index in [4.69, 9.17) is 65.1 Å². The van der Waals surface area contributed by atoms with Gasteiger partial charge in [0.2, 0.25) is 0 Å². The largest absolute Gasteiger partial charge is 0.481 e. The molecular formula is C99H176O24. The highest BCUT2D eigenvalue weighted by molar-refractivity contribution is 5.70. The van der Waals surface area contributed by atoms with Gasteiger partial charge in [-0.05, 0) is 167 Å². The highest BCUT2D eigenvalue weighted by Gasteiger charge is 2.44. The molecule has 0 spiro atoms. The smallest absolute Gasteiger partial charge is 0.305 e. The van der Waals surface area contributed by atoms with Crippen LogP contribution in [0.1, 0.15) is 356 Å². The van der Waals surface area contributed by atoms with Crippen LogP contribution in [0.5, 0.6) is 0 Å². The molecule has 0 bridgehead atoms. The number of allylic oxidation sites excluding steroid dienone is 6. The lowest BCUT2D eigenvalue weighted by atomic mass is 10.1. The molecule has 24 nitrogen and oxygen atoms in total. The fraction of sp³-hybridized carbons (Fsp3) is 0.798. The topological polar surface area (TPSA) is 369 Å². The Morgan fingerprint density at radius 3 is 0.976 bits per heavy atom. The molecule has 0 amide bonds. The quantitative estimate of drug-likeness (QED) is 0.00565. The minimum Gasteiger partial charge on any atom is -0.481 e. The number of carboxylic acids is 1. The van der Waals surface area contributed by atoms with Crippen LogP contribution in [-0.2, 0) is 80.9 Å². The van der Waals surface area contributed by atoms with E-state index in [1.807, 2.05) is 42.5 Å². The fourth-order valence-electron chi connectivity index (χ4n) is 13.1. The van der Waals surface area contributed by atoms with E-state index in [0.29, 0.717) is 62.6 Å². The van der Waals surface area contributed by atoms with Crippen LogP contribution in [0.4, 0.5) is 0 Å². The van der Waals surface area contributed by atoms with Crippen LogP contribution in [0.15, 0.2) is 74.4 Å². The normalized spacial score (nSPS) is 22.3. The molecule has 0 aromatic carbocycles. The Labute approximate surface area is 744 Å². The molecule has 7 heterocycles. The SMILES string of the molecule is C#CCCCCCCCCC.C=CCCC/C=C/CO.C=CCCCC1OC1CC.C=CCCCC1OC1CO.CCC1OC1CCCC(=O)OC.CCCCCCCCC/C=C\C(O)C1OC1CCCC(=O)O.CCCCCCCCC/C=C\C(O)C1OC1CCCC(=O)OC.CO.COC(=O)CCCC1OC1C=O.COC(=O)CCCC1OC1CO. The number of aliphatic hydroxyl groups excluding tert-OH is 6. The van der Waals surface area contributed by atoms with Gasteiger partial charge in [0.1, 0.15) is 42.7 Å². The number of terminal acetylenes is 1. The van der Waals surface area contributed by atoms with Gasteiger partial charge in [0, 0.05) is 45.6 Å². The van der Waals surface area contributed by atoms with Crippen molar-refractivity contribution in [3.63, 3.8) is 0 Å². The van der Waals surface area contributed by atoms with Crippen molar-refractivity contribution in [1.29, 1.82) is 0 Å². The molecule has 16 unspecified atom stereocenters. The van der Waals surface area contributed by atoms with Crippen molar-refractivity contribution >= 4 is 36.1 Å². The van der Waals surface area contributed by atoms with Gasteiger partial charge in [0.15, 0.2) is 6.29 Å². The molecule has 7 rings (SSSR count). The first-order valence-electron chi connectivity index (χ1n) is 47.2. The maximum absolute atomic E-state index is 11.0. The van der Waals surface area contributed by atoms with Gasteiger partial charge in [-0.1, -0.05) is 205 Å². The summed E-state index contributed by atoms with van der Waals surface area (Å²) in [6.07, 6.45) is 77.7. The van der Waals surface area contributed by atoms with Crippen LogP contribution >= 0.6 is 0 Å². The number of carbonyl (C=O) groups excluding carboxylic acids is 5. The Morgan fingerprint density at radius 1 is 0.366 bits per heavy atom. The molecule has 0 aromatic heterocycles. The highest BCUT2D eigenvalue weighted by atomic mass is 16.6. The third kappa shape index (κ3) is 79.6. The van der Waals surface area contributed by atoms with E-state index in [-0.39, 0.29) is 105 Å². The maximum atomic E-state index is 11.0. The van der Waals surface area contributed by atoms with E-state index >= 15 is 0 Å². The third-order valence-corrected chi connectivity index (χ3v) is 21.2. The van der Waals surface area contributed by atoms with Crippen LogP contribution in [0, 0.1) is 12.3 Å². The molecule has 7 aliphatic rings. The zero-order valence-corrected chi connectivity index (χ0v) is 78.3. The van der Waals surface area contributed by atoms with E-state index in [1.54, 1.807) is 6.08 Å². The summed E-state index contributed by atoms with van der Waals surface area (Å²) in [5.74, 6) is 1.20. The van der Waals surface area contributed by atoms with Gasteiger partial charge in [-0.2, -0.15) is 0 Å². The number of rotatable bonds is 65. The second kappa shape index (κ2) is 88.5. The Balaban J connectivity index is -0.00000134. The molecule has 7 aliphatic heterocycles. The molecule has 7 fully saturated rings. The van der Waals surface area contributed by atoms with Gasteiger partial charge in [0.25, 0.3) is 0 Å². The molecule has 7 saturated heterocycles. The van der Waals surface area contributed by atoms with E-state index in [2.05, 4.69) is 85.3 Å². The number of methoxy groups -OCH3 is 4. The van der Waals surface area contributed by atoms with Crippen molar-refractivity contribution < 1.29 is 117 Å². The number of aldehydes is 1. The first kappa shape index (κ1) is 122. The number of esters is 4. The Kier molecular flexibility index (Phi) is 87.5. The van der Waals surface area contributed by atoms with Gasteiger partial charge >= 0.3 is 29.8 Å². The zero-order valence-electron chi connectivity index (χ0n) is 78.3. The summed E-state index contributed by atoms with van der Waals surface area (Å²) in [4.78, 5) is 63.5. The van der Waals surface area contributed by atoms with Crippen molar-refractivity contribution in [3.05, 3.63) is 74.4 Å². The van der Waals surface area contributed by atoms with Crippen molar-refractivity contribution in [3.8, 4) is 12.3 Å². The molecular weight excluding hydrogens is 1570 g/mol. The van der Waals surface area contributed by atoms with Crippen LogP contribution in [0.3, 0.4) is 0 Å². The summed E-state index contributed by atoms with van der Waals surface area (Å²) in [6.45, 7) is 22.3. The Bertz CT molecular complexity index is 2580. The van der Waals surface area contributed by atoms with Crippen molar-refractivity contribution in [1.82, 2.24) is 0 Å². The molecule has 0 radical (unpaired) electrons. The van der Waals surface area contributed by atoms with Gasteiger partial charge in [-0.25, -0.2) is 0 Å². The second-order valence-corrected chi connectivity index (χ2v) is 31.8. The Morgan fingerprint density at radius 2 is 0.675 bits per heavy atom.